The zero-order valence-electron chi connectivity index (χ0n) is 20.6. The summed E-state index contributed by atoms with van der Waals surface area (Å²) in [5.74, 6) is -0.454. The maximum atomic E-state index is 14.2. The van der Waals surface area contributed by atoms with Crippen LogP contribution in [0.15, 0.2) is 66.7 Å². The van der Waals surface area contributed by atoms with Gasteiger partial charge in [0, 0.05) is 18.7 Å². The summed E-state index contributed by atoms with van der Waals surface area (Å²) in [5, 5.41) is 2.71. The molecular weight excluding hydrogens is 462 g/mol. The molecule has 3 aromatic rings. The predicted molar refractivity (Wildman–Crippen MR) is 135 cm³/mol. The number of halogens is 2. The molecule has 36 heavy (non-hydrogen) atoms. The third kappa shape index (κ3) is 5.90. The summed E-state index contributed by atoms with van der Waals surface area (Å²) in [5.41, 5.74) is 3.06. The van der Waals surface area contributed by atoms with Gasteiger partial charge in [-0.1, -0.05) is 32.0 Å². The lowest BCUT2D eigenvalue weighted by atomic mass is 9.87. The molecule has 2 amide bonds. The molecule has 0 saturated carbocycles. The quantitative estimate of drug-likeness (QED) is 0.447. The van der Waals surface area contributed by atoms with Crippen molar-refractivity contribution in [2.24, 2.45) is 5.92 Å². The fourth-order valence-electron chi connectivity index (χ4n) is 4.47. The van der Waals surface area contributed by atoms with Gasteiger partial charge in [0.25, 0.3) is 5.91 Å². The minimum atomic E-state index is -0.831. The topological polar surface area (TPSA) is 58.6 Å². The molecule has 0 radical (unpaired) electrons. The number of anilines is 1. The van der Waals surface area contributed by atoms with Crippen LogP contribution in [0.3, 0.4) is 0 Å². The summed E-state index contributed by atoms with van der Waals surface area (Å²) in [4.78, 5) is 27.6. The number of hydrogen-bond donors (Lipinski definition) is 1. The van der Waals surface area contributed by atoms with Crippen molar-refractivity contribution in [2.45, 2.75) is 45.8 Å². The molecule has 188 valence electrons. The highest BCUT2D eigenvalue weighted by Gasteiger charge is 2.33. The van der Waals surface area contributed by atoms with E-state index in [1.807, 2.05) is 36.9 Å². The first-order valence-electron chi connectivity index (χ1n) is 12.1. The highest BCUT2D eigenvalue weighted by atomic mass is 19.1. The maximum Gasteiger partial charge on any atom is 0.265 e. The first-order valence-corrected chi connectivity index (χ1v) is 12.1. The molecule has 1 aliphatic rings. The molecule has 2 unspecified atom stereocenters. The summed E-state index contributed by atoms with van der Waals surface area (Å²) >= 11 is 0. The zero-order chi connectivity index (χ0) is 25.8. The van der Waals surface area contributed by atoms with Crippen molar-refractivity contribution < 1.29 is 23.1 Å². The highest BCUT2D eigenvalue weighted by molar-refractivity contribution is 5.94. The second-order valence-corrected chi connectivity index (χ2v) is 9.51. The number of fused-ring (bicyclic) bond motifs is 1. The van der Waals surface area contributed by atoms with Gasteiger partial charge in [0.15, 0.2) is 6.10 Å². The normalized spacial score (nSPS) is 15.8. The van der Waals surface area contributed by atoms with E-state index in [-0.39, 0.29) is 29.4 Å². The SMILES string of the molecule is CC(C)CC(=O)N1CCc2ccc(OC(C)C(=O)Nc3ccc(F)cc3)cc2C1c1cccc(F)c1. The van der Waals surface area contributed by atoms with Crippen molar-refractivity contribution in [3.63, 3.8) is 0 Å². The van der Waals surface area contributed by atoms with Crippen molar-refractivity contribution >= 4 is 17.5 Å². The Labute approximate surface area is 210 Å². The smallest absolute Gasteiger partial charge is 0.265 e. The summed E-state index contributed by atoms with van der Waals surface area (Å²) in [6.45, 7) is 6.16. The van der Waals surface area contributed by atoms with Crippen LogP contribution in [0, 0.1) is 17.6 Å². The van der Waals surface area contributed by atoms with Gasteiger partial charge in [0.1, 0.15) is 17.4 Å². The van der Waals surface area contributed by atoms with Crippen LogP contribution in [0.4, 0.5) is 14.5 Å². The van der Waals surface area contributed by atoms with Crippen LogP contribution in [0.1, 0.15) is 49.9 Å². The lowest BCUT2D eigenvalue weighted by molar-refractivity contribution is -0.134. The monoisotopic (exact) mass is 492 g/mol. The van der Waals surface area contributed by atoms with E-state index in [9.17, 15) is 18.4 Å². The molecule has 1 N–H and O–H groups in total. The molecule has 5 nitrogen and oxygen atoms in total. The molecular formula is C29H30F2N2O3. The van der Waals surface area contributed by atoms with Gasteiger partial charge < -0.3 is 15.0 Å². The van der Waals surface area contributed by atoms with Gasteiger partial charge in [-0.05, 0) is 84.5 Å². The van der Waals surface area contributed by atoms with Gasteiger partial charge in [-0.15, -0.1) is 0 Å². The average molecular weight is 493 g/mol. The van der Waals surface area contributed by atoms with Gasteiger partial charge in [-0.25, -0.2) is 8.78 Å². The van der Waals surface area contributed by atoms with Crippen molar-refractivity contribution in [3.8, 4) is 5.75 Å². The number of amides is 2. The predicted octanol–water partition coefficient (Wildman–Crippen LogP) is 5.89. The maximum absolute atomic E-state index is 14.2. The van der Waals surface area contributed by atoms with E-state index in [2.05, 4.69) is 5.32 Å². The fourth-order valence-corrected chi connectivity index (χ4v) is 4.47. The van der Waals surface area contributed by atoms with Crippen molar-refractivity contribution in [3.05, 3.63) is 95.1 Å². The Kier molecular flexibility index (Phi) is 7.67. The lowest BCUT2D eigenvalue weighted by Gasteiger charge is -2.38. The minimum absolute atomic E-state index is 0.0169. The van der Waals surface area contributed by atoms with Gasteiger partial charge in [-0.3, -0.25) is 9.59 Å². The van der Waals surface area contributed by atoms with Gasteiger partial charge in [-0.2, -0.15) is 0 Å². The van der Waals surface area contributed by atoms with E-state index in [1.54, 1.807) is 19.1 Å². The van der Waals surface area contributed by atoms with Gasteiger partial charge in [0.2, 0.25) is 5.91 Å². The van der Waals surface area contributed by atoms with Crippen LogP contribution in [0.25, 0.3) is 0 Å². The van der Waals surface area contributed by atoms with E-state index >= 15 is 0 Å². The summed E-state index contributed by atoms with van der Waals surface area (Å²) in [6, 6.07) is 16.9. The van der Waals surface area contributed by atoms with E-state index in [1.165, 1.54) is 36.4 Å². The van der Waals surface area contributed by atoms with Crippen LogP contribution in [-0.4, -0.2) is 29.4 Å². The van der Waals surface area contributed by atoms with E-state index in [4.69, 9.17) is 4.74 Å². The molecule has 0 fully saturated rings. The molecule has 0 spiro atoms. The number of nitrogens with zero attached hydrogens (tertiary/aromatic N) is 1. The Morgan fingerprint density at radius 1 is 1.00 bits per heavy atom. The summed E-state index contributed by atoms with van der Waals surface area (Å²) in [6.07, 6.45) is 0.243. The number of hydrogen-bond acceptors (Lipinski definition) is 3. The second kappa shape index (κ2) is 10.9. The summed E-state index contributed by atoms with van der Waals surface area (Å²) < 4.78 is 33.3. The molecule has 1 heterocycles. The Morgan fingerprint density at radius 2 is 1.75 bits per heavy atom. The number of benzene rings is 3. The van der Waals surface area contributed by atoms with Gasteiger partial charge >= 0.3 is 0 Å². The molecule has 4 rings (SSSR count). The van der Waals surface area contributed by atoms with Crippen LogP contribution in [0.2, 0.25) is 0 Å². The molecule has 0 bridgehead atoms. The van der Waals surface area contributed by atoms with E-state index < -0.39 is 12.1 Å². The molecule has 7 heteroatoms. The van der Waals surface area contributed by atoms with Crippen molar-refractivity contribution in [1.82, 2.24) is 4.90 Å². The molecule has 0 aromatic heterocycles. The first-order chi connectivity index (χ1) is 17.2. The lowest BCUT2D eigenvalue weighted by Crippen LogP contribution is -2.41. The average Bonchev–Trinajstić information content (AvgIpc) is 2.84. The van der Waals surface area contributed by atoms with E-state index in [0.717, 1.165) is 11.1 Å². The number of carbonyl (C=O) groups excluding carboxylic acids is 2. The number of carbonyl (C=O) groups is 2. The Morgan fingerprint density at radius 3 is 2.44 bits per heavy atom. The largest absolute Gasteiger partial charge is 0.481 e. The fraction of sp³-hybridized carbons (Fsp3) is 0.310. The summed E-state index contributed by atoms with van der Waals surface area (Å²) in [7, 11) is 0. The van der Waals surface area contributed by atoms with Crippen molar-refractivity contribution in [1.29, 1.82) is 0 Å². The van der Waals surface area contributed by atoms with Gasteiger partial charge in [0.05, 0.1) is 6.04 Å². The van der Waals surface area contributed by atoms with E-state index in [0.29, 0.717) is 36.4 Å². The second-order valence-electron chi connectivity index (χ2n) is 9.51. The Hall–Kier alpha value is -3.74. The molecule has 3 aromatic carbocycles. The third-order valence-electron chi connectivity index (χ3n) is 6.21. The van der Waals surface area contributed by atoms with Crippen LogP contribution in [0.5, 0.6) is 5.75 Å². The van der Waals surface area contributed by atoms with Crippen molar-refractivity contribution in [2.75, 3.05) is 11.9 Å². The molecule has 0 saturated heterocycles. The highest BCUT2D eigenvalue weighted by Crippen LogP contribution is 2.38. The number of ether oxygens (including phenoxy) is 1. The van der Waals surface area contributed by atoms with Crippen LogP contribution < -0.4 is 10.1 Å². The minimum Gasteiger partial charge on any atom is -0.481 e. The Balaban J connectivity index is 1.60. The van der Waals surface area contributed by atoms with Crippen LogP contribution in [-0.2, 0) is 16.0 Å². The first kappa shape index (κ1) is 25.4. The van der Waals surface area contributed by atoms with Crippen LogP contribution >= 0.6 is 0 Å². The Bertz CT molecular complexity index is 1240. The standard InChI is InChI=1S/C29H30F2N2O3/c1-18(2)15-27(34)33-14-13-20-7-12-25(17-26(20)28(33)21-5-4-6-23(31)16-21)36-19(3)29(35)32-24-10-8-22(30)9-11-24/h4-12,16-19,28H,13-15H2,1-3H3,(H,32,35). The number of nitrogens with one attached hydrogen (secondary N) is 1. The molecule has 2 atom stereocenters. The third-order valence-corrected chi connectivity index (χ3v) is 6.21. The zero-order valence-corrected chi connectivity index (χ0v) is 20.6. The number of rotatable bonds is 7. The molecule has 1 aliphatic heterocycles. The molecule has 0 aliphatic carbocycles.